The van der Waals surface area contributed by atoms with Gasteiger partial charge in [-0.3, -0.25) is 0 Å². The summed E-state index contributed by atoms with van der Waals surface area (Å²) in [6.45, 7) is 4.56. The fourth-order valence-corrected chi connectivity index (χ4v) is 1.98. The van der Waals surface area contributed by atoms with Crippen LogP contribution >= 0.6 is 0 Å². The lowest BCUT2D eigenvalue weighted by atomic mass is 9.80. The smallest absolute Gasteiger partial charge is 0.106 e. The fraction of sp³-hybridized carbons (Fsp3) is 0.900. The fourth-order valence-electron chi connectivity index (χ4n) is 1.98. The highest BCUT2D eigenvalue weighted by atomic mass is 16.6. The van der Waals surface area contributed by atoms with Crippen LogP contribution in [0.25, 0.3) is 0 Å². The van der Waals surface area contributed by atoms with E-state index in [2.05, 4.69) is 19.0 Å². The highest BCUT2D eigenvalue weighted by Gasteiger charge is 2.23. The Bertz CT molecular complexity index is 165. The van der Waals surface area contributed by atoms with Crippen LogP contribution in [0.4, 0.5) is 0 Å². The molecule has 0 radical (unpaired) electrons. The molecule has 2 atom stereocenters. The summed E-state index contributed by atoms with van der Waals surface area (Å²) in [7, 11) is 1.64. The first kappa shape index (κ1) is 9.56. The van der Waals surface area contributed by atoms with Crippen molar-refractivity contribution in [1.82, 2.24) is 0 Å². The predicted octanol–water partition coefficient (Wildman–Crippen LogP) is 2.84. The summed E-state index contributed by atoms with van der Waals surface area (Å²) in [5, 5.41) is 4.09. The summed E-state index contributed by atoms with van der Waals surface area (Å²) < 4.78 is 0. The molecule has 2 unspecified atom stereocenters. The normalized spacial score (nSPS) is 33.8. The van der Waals surface area contributed by atoms with Gasteiger partial charge in [-0.05, 0) is 31.6 Å². The van der Waals surface area contributed by atoms with Crippen LogP contribution in [0, 0.1) is 11.8 Å². The van der Waals surface area contributed by atoms with Crippen LogP contribution < -0.4 is 0 Å². The van der Waals surface area contributed by atoms with Crippen LogP contribution in [-0.2, 0) is 4.84 Å². The summed E-state index contributed by atoms with van der Waals surface area (Å²) >= 11 is 0. The molecule has 0 aromatic heterocycles. The Morgan fingerprint density at radius 1 is 1.58 bits per heavy atom. The van der Waals surface area contributed by atoms with Crippen LogP contribution in [0.3, 0.4) is 0 Å². The zero-order chi connectivity index (χ0) is 8.97. The standard InChI is InChI=1S/C10H19NO/c1-4-9-7-8(2)5-6-10(9)11-12-3/h8-9H,4-7H2,1-3H3/b11-10+. The maximum absolute atomic E-state index is 4.84. The average Bonchev–Trinajstić information content (AvgIpc) is 2.08. The van der Waals surface area contributed by atoms with Gasteiger partial charge >= 0.3 is 0 Å². The molecule has 0 aliphatic heterocycles. The molecule has 1 aliphatic carbocycles. The Morgan fingerprint density at radius 3 is 2.92 bits per heavy atom. The minimum Gasteiger partial charge on any atom is -0.399 e. The summed E-state index contributed by atoms with van der Waals surface area (Å²) in [6.07, 6.45) is 4.90. The van der Waals surface area contributed by atoms with Crippen molar-refractivity contribution < 1.29 is 4.84 Å². The van der Waals surface area contributed by atoms with Gasteiger partial charge in [0.25, 0.3) is 0 Å². The van der Waals surface area contributed by atoms with Crippen molar-refractivity contribution in [3.63, 3.8) is 0 Å². The lowest BCUT2D eigenvalue weighted by Gasteiger charge is -2.26. The van der Waals surface area contributed by atoms with Crippen molar-refractivity contribution in [3.8, 4) is 0 Å². The molecule has 0 aromatic rings. The van der Waals surface area contributed by atoms with Gasteiger partial charge in [-0.1, -0.05) is 19.0 Å². The van der Waals surface area contributed by atoms with Crippen molar-refractivity contribution in [1.29, 1.82) is 0 Å². The minimum absolute atomic E-state index is 0.675. The van der Waals surface area contributed by atoms with Crippen molar-refractivity contribution in [3.05, 3.63) is 0 Å². The van der Waals surface area contributed by atoms with E-state index in [1.165, 1.54) is 25.0 Å². The van der Waals surface area contributed by atoms with Gasteiger partial charge < -0.3 is 4.84 Å². The minimum atomic E-state index is 0.675. The van der Waals surface area contributed by atoms with Gasteiger partial charge in [-0.25, -0.2) is 0 Å². The second kappa shape index (κ2) is 4.48. The van der Waals surface area contributed by atoms with E-state index in [4.69, 9.17) is 4.84 Å². The summed E-state index contributed by atoms with van der Waals surface area (Å²) in [6, 6.07) is 0. The third-order valence-electron chi connectivity index (χ3n) is 2.75. The number of rotatable bonds is 2. The lowest BCUT2D eigenvalue weighted by molar-refractivity contribution is 0.206. The van der Waals surface area contributed by atoms with Crippen molar-refractivity contribution >= 4 is 5.71 Å². The van der Waals surface area contributed by atoms with Gasteiger partial charge in [0.05, 0.1) is 5.71 Å². The molecule has 0 amide bonds. The summed E-state index contributed by atoms with van der Waals surface area (Å²) in [4.78, 5) is 4.84. The average molecular weight is 169 g/mol. The van der Waals surface area contributed by atoms with E-state index in [1.807, 2.05) is 0 Å². The monoisotopic (exact) mass is 169 g/mol. The molecule has 12 heavy (non-hydrogen) atoms. The first-order valence-electron chi connectivity index (χ1n) is 4.87. The van der Waals surface area contributed by atoms with Gasteiger partial charge in [-0.2, -0.15) is 0 Å². The van der Waals surface area contributed by atoms with E-state index in [9.17, 15) is 0 Å². The SMILES string of the molecule is CCC1CC(C)CC/C1=N\OC. The van der Waals surface area contributed by atoms with Crippen LogP contribution in [0.1, 0.15) is 39.5 Å². The molecule has 0 bridgehead atoms. The molecule has 1 fully saturated rings. The zero-order valence-electron chi connectivity index (χ0n) is 8.34. The first-order valence-corrected chi connectivity index (χ1v) is 4.87. The molecule has 0 N–H and O–H groups in total. The highest BCUT2D eigenvalue weighted by Crippen LogP contribution is 2.28. The van der Waals surface area contributed by atoms with Crippen LogP contribution in [-0.4, -0.2) is 12.8 Å². The molecule has 0 saturated heterocycles. The molecule has 1 rings (SSSR count). The van der Waals surface area contributed by atoms with Gasteiger partial charge in [0.2, 0.25) is 0 Å². The maximum Gasteiger partial charge on any atom is 0.106 e. The van der Waals surface area contributed by atoms with E-state index >= 15 is 0 Å². The molecular formula is C10H19NO. The van der Waals surface area contributed by atoms with Gasteiger partial charge in [0, 0.05) is 5.92 Å². The number of hydrogen-bond donors (Lipinski definition) is 0. The Morgan fingerprint density at radius 2 is 2.33 bits per heavy atom. The number of oxime groups is 1. The van der Waals surface area contributed by atoms with E-state index in [0.29, 0.717) is 5.92 Å². The topological polar surface area (TPSA) is 21.6 Å². The van der Waals surface area contributed by atoms with Crippen molar-refractivity contribution in [2.24, 2.45) is 17.0 Å². The second-order valence-electron chi connectivity index (χ2n) is 3.75. The molecule has 2 nitrogen and oxygen atoms in total. The van der Waals surface area contributed by atoms with E-state index in [-0.39, 0.29) is 0 Å². The van der Waals surface area contributed by atoms with Crippen molar-refractivity contribution in [2.45, 2.75) is 39.5 Å². The quantitative estimate of drug-likeness (QED) is 0.582. The van der Waals surface area contributed by atoms with Crippen molar-refractivity contribution in [2.75, 3.05) is 7.11 Å². The molecule has 2 heteroatoms. The highest BCUT2D eigenvalue weighted by molar-refractivity contribution is 5.86. The third-order valence-corrected chi connectivity index (χ3v) is 2.75. The van der Waals surface area contributed by atoms with Crippen LogP contribution in [0.15, 0.2) is 5.16 Å². The molecule has 70 valence electrons. The van der Waals surface area contributed by atoms with Gasteiger partial charge in [0.1, 0.15) is 7.11 Å². The van der Waals surface area contributed by atoms with Gasteiger partial charge in [0.15, 0.2) is 0 Å². The Kier molecular flexibility index (Phi) is 3.57. The summed E-state index contributed by atoms with van der Waals surface area (Å²) in [5.74, 6) is 1.54. The van der Waals surface area contributed by atoms with Gasteiger partial charge in [-0.15, -0.1) is 0 Å². The molecule has 0 spiro atoms. The van der Waals surface area contributed by atoms with Crippen LogP contribution in [0.5, 0.6) is 0 Å². The predicted molar refractivity (Wildman–Crippen MR) is 51.2 cm³/mol. The third kappa shape index (κ3) is 2.23. The molecule has 0 aromatic carbocycles. The zero-order valence-corrected chi connectivity index (χ0v) is 8.34. The largest absolute Gasteiger partial charge is 0.399 e. The summed E-state index contributed by atoms with van der Waals surface area (Å²) in [5.41, 5.74) is 1.28. The Balaban J connectivity index is 2.56. The van der Waals surface area contributed by atoms with E-state index in [1.54, 1.807) is 7.11 Å². The van der Waals surface area contributed by atoms with E-state index in [0.717, 1.165) is 12.3 Å². The number of nitrogens with zero attached hydrogens (tertiary/aromatic N) is 1. The lowest BCUT2D eigenvalue weighted by Crippen LogP contribution is -2.23. The molecule has 1 aliphatic rings. The first-order chi connectivity index (χ1) is 5.77. The number of hydrogen-bond acceptors (Lipinski definition) is 2. The Labute approximate surface area is 75.0 Å². The van der Waals surface area contributed by atoms with Crippen LogP contribution in [0.2, 0.25) is 0 Å². The molecule has 0 heterocycles. The molecular weight excluding hydrogens is 150 g/mol. The van der Waals surface area contributed by atoms with E-state index < -0.39 is 0 Å². The maximum atomic E-state index is 4.84. The molecule has 1 saturated carbocycles. The Hall–Kier alpha value is -0.530. The second-order valence-corrected chi connectivity index (χ2v) is 3.75.